The first-order valence-electron chi connectivity index (χ1n) is 7.24. The number of rotatable bonds is 4. The normalized spacial score (nSPS) is 25.2. The van der Waals surface area contributed by atoms with Crippen LogP contribution in [0.1, 0.15) is 66.2 Å². The summed E-state index contributed by atoms with van der Waals surface area (Å²) in [5.74, 6) is 7.58. The molecule has 1 rings (SSSR count). The molecule has 0 aromatic carbocycles. The van der Waals surface area contributed by atoms with E-state index in [9.17, 15) is 0 Å². The highest BCUT2D eigenvalue weighted by atomic mass is 14.9. The van der Waals surface area contributed by atoms with Crippen LogP contribution in [0.25, 0.3) is 0 Å². The fourth-order valence-corrected chi connectivity index (χ4v) is 2.47. The van der Waals surface area contributed by atoms with Gasteiger partial charge in [-0.3, -0.25) is 0 Å². The topological polar surface area (TPSA) is 12.0 Å². The van der Waals surface area contributed by atoms with E-state index in [2.05, 4.69) is 44.9 Å². The van der Waals surface area contributed by atoms with Gasteiger partial charge in [-0.2, -0.15) is 0 Å². The van der Waals surface area contributed by atoms with Crippen molar-refractivity contribution in [2.45, 2.75) is 72.3 Å². The third-order valence-corrected chi connectivity index (χ3v) is 3.32. The van der Waals surface area contributed by atoms with Gasteiger partial charge in [0.05, 0.1) is 0 Å². The number of nitrogens with one attached hydrogen (secondary N) is 1. The molecule has 0 heterocycles. The largest absolute Gasteiger partial charge is 0.314 e. The highest BCUT2D eigenvalue weighted by Crippen LogP contribution is 2.26. The van der Waals surface area contributed by atoms with Gasteiger partial charge in [0.15, 0.2) is 0 Å². The quantitative estimate of drug-likeness (QED) is 0.727. The molecular weight excluding hydrogens is 206 g/mol. The first-order valence-corrected chi connectivity index (χ1v) is 7.24. The SMILES string of the molecule is CCCNC1CCCC(CC#CC(C)(C)C)C1. The highest BCUT2D eigenvalue weighted by Gasteiger charge is 2.20. The van der Waals surface area contributed by atoms with Crippen LogP contribution in [0.3, 0.4) is 0 Å². The minimum Gasteiger partial charge on any atom is -0.314 e. The monoisotopic (exact) mass is 235 g/mol. The molecule has 17 heavy (non-hydrogen) atoms. The molecule has 0 aliphatic heterocycles. The maximum atomic E-state index is 3.66. The van der Waals surface area contributed by atoms with Crippen molar-refractivity contribution in [1.29, 1.82) is 0 Å². The molecule has 0 spiro atoms. The van der Waals surface area contributed by atoms with Gasteiger partial charge < -0.3 is 5.32 Å². The lowest BCUT2D eigenvalue weighted by atomic mass is 9.83. The second kappa shape index (κ2) is 7.07. The third-order valence-electron chi connectivity index (χ3n) is 3.32. The standard InChI is InChI=1S/C16H29N/c1-5-12-17-15-10-6-8-14(13-15)9-7-11-16(2,3)4/h14-15,17H,5-6,8-10,12-13H2,1-4H3. The number of hydrogen-bond donors (Lipinski definition) is 1. The van der Waals surface area contributed by atoms with Crippen LogP contribution in [-0.4, -0.2) is 12.6 Å². The molecule has 1 nitrogen and oxygen atoms in total. The molecular formula is C16H29N. The van der Waals surface area contributed by atoms with Gasteiger partial charge in [-0.1, -0.05) is 19.3 Å². The van der Waals surface area contributed by atoms with E-state index in [0.29, 0.717) is 0 Å². The van der Waals surface area contributed by atoms with Crippen LogP contribution in [0.5, 0.6) is 0 Å². The van der Waals surface area contributed by atoms with Crippen LogP contribution in [0.2, 0.25) is 0 Å². The number of hydrogen-bond acceptors (Lipinski definition) is 1. The van der Waals surface area contributed by atoms with E-state index in [1.807, 2.05) is 0 Å². The zero-order chi connectivity index (χ0) is 12.7. The van der Waals surface area contributed by atoms with E-state index in [-0.39, 0.29) is 5.41 Å². The molecule has 1 aliphatic carbocycles. The van der Waals surface area contributed by atoms with Crippen molar-refractivity contribution in [2.75, 3.05) is 6.54 Å². The molecule has 0 aromatic rings. The Kier molecular flexibility index (Phi) is 6.06. The van der Waals surface area contributed by atoms with Crippen LogP contribution >= 0.6 is 0 Å². The van der Waals surface area contributed by atoms with Gasteiger partial charge in [0, 0.05) is 17.9 Å². The van der Waals surface area contributed by atoms with Crippen molar-refractivity contribution in [3.05, 3.63) is 0 Å². The second-order valence-corrected chi connectivity index (χ2v) is 6.44. The second-order valence-electron chi connectivity index (χ2n) is 6.44. The average Bonchev–Trinajstić information content (AvgIpc) is 2.25. The fourth-order valence-electron chi connectivity index (χ4n) is 2.47. The van der Waals surface area contributed by atoms with Crippen LogP contribution in [0.15, 0.2) is 0 Å². The molecule has 2 atom stereocenters. The lowest BCUT2D eigenvalue weighted by molar-refractivity contribution is 0.289. The molecule has 1 heteroatoms. The van der Waals surface area contributed by atoms with Gasteiger partial charge in [0.2, 0.25) is 0 Å². The summed E-state index contributed by atoms with van der Waals surface area (Å²) in [6.45, 7) is 9.97. The van der Waals surface area contributed by atoms with E-state index in [4.69, 9.17) is 0 Å². The summed E-state index contributed by atoms with van der Waals surface area (Å²) < 4.78 is 0. The molecule has 0 amide bonds. The molecule has 1 saturated carbocycles. The molecule has 0 bridgehead atoms. The Morgan fingerprint density at radius 2 is 2.00 bits per heavy atom. The predicted molar refractivity (Wildman–Crippen MR) is 75.9 cm³/mol. The van der Waals surface area contributed by atoms with Crippen LogP contribution < -0.4 is 5.32 Å². The van der Waals surface area contributed by atoms with Crippen molar-refractivity contribution in [3.8, 4) is 11.8 Å². The summed E-state index contributed by atoms with van der Waals surface area (Å²) in [5, 5.41) is 3.66. The van der Waals surface area contributed by atoms with Crippen LogP contribution in [-0.2, 0) is 0 Å². The predicted octanol–water partition coefficient (Wildman–Crippen LogP) is 3.98. The first-order chi connectivity index (χ1) is 8.01. The molecule has 0 saturated heterocycles. The van der Waals surface area contributed by atoms with E-state index < -0.39 is 0 Å². The van der Waals surface area contributed by atoms with Crippen LogP contribution in [0, 0.1) is 23.2 Å². The van der Waals surface area contributed by atoms with Crippen molar-refractivity contribution >= 4 is 0 Å². The van der Waals surface area contributed by atoms with Crippen molar-refractivity contribution in [3.63, 3.8) is 0 Å². The molecule has 1 fully saturated rings. The summed E-state index contributed by atoms with van der Waals surface area (Å²) in [6.07, 6.45) is 7.79. The Morgan fingerprint density at radius 3 is 2.65 bits per heavy atom. The lowest BCUT2D eigenvalue weighted by Gasteiger charge is -2.28. The Labute approximate surface area is 108 Å². The smallest absolute Gasteiger partial charge is 0.0230 e. The van der Waals surface area contributed by atoms with Gasteiger partial charge in [-0.25, -0.2) is 0 Å². The Balaban J connectivity index is 2.31. The van der Waals surface area contributed by atoms with Crippen molar-refractivity contribution in [2.24, 2.45) is 11.3 Å². The summed E-state index contributed by atoms with van der Waals surface area (Å²) in [6, 6.07) is 0.755. The fraction of sp³-hybridized carbons (Fsp3) is 0.875. The molecule has 1 aliphatic rings. The first kappa shape index (κ1) is 14.6. The molecule has 0 aromatic heterocycles. The van der Waals surface area contributed by atoms with Gasteiger partial charge in [-0.15, -0.1) is 5.92 Å². The highest BCUT2D eigenvalue weighted by molar-refractivity contribution is 5.08. The van der Waals surface area contributed by atoms with E-state index in [1.54, 1.807) is 0 Å². The van der Waals surface area contributed by atoms with Gasteiger partial charge in [-0.05, 0) is 58.9 Å². The molecule has 2 unspecified atom stereocenters. The Morgan fingerprint density at radius 1 is 1.24 bits per heavy atom. The molecule has 98 valence electrons. The van der Waals surface area contributed by atoms with Gasteiger partial charge >= 0.3 is 0 Å². The minimum absolute atomic E-state index is 0.161. The van der Waals surface area contributed by atoms with Crippen molar-refractivity contribution < 1.29 is 0 Å². The van der Waals surface area contributed by atoms with Gasteiger partial charge in [0.1, 0.15) is 0 Å². The van der Waals surface area contributed by atoms with E-state index in [0.717, 1.165) is 18.4 Å². The summed E-state index contributed by atoms with van der Waals surface area (Å²) in [4.78, 5) is 0. The summed E-state index contributed by atoms with van der Waals surface area (Å²) >= 11 is 0. The maximum absolute atomic E-state index is 3.66. The maximum Gasteiger partial charge on any atom is 0.0230 e. The Hall–Kier alpha value is -0.480. The molecule has 0 radical (unpaired) electrons. The van der Waals surface area contributed by atoms with E-state index >= 15 is 0 Å². The Bertz CT molecular complexity index is 263. The van der Waals surface area contributed by atoms with Gasteiger partial charge in [0.25, 0.3) is 0 Å². The van der Waals surface area contributed by atoms with Crippen LogP contribution in [0.4, 0.5) is 0 Å². The zero-order valence-electron chi connectivity index (χ0n) is 12.1. The van der Waals surface area contributed by atoms with E-state index in [1.165, 1.54) is 38.6 Å². The summed E-state index contributed by atoms with van der Waals surface area (Å²) in [5.41, 5.74) is 0.161. The minimum atomic E-state index is 0.161. The zero-order valence-corrected chi connectivity index (χ0v) is 12.1. The lowest BCUT2D eigenvalue weighted by Crippen LogP contribution is -2.34. The molecule has 1 N–H and O–H groups in total. The third kappa shape index (κ3) is 6.74. The van der Waals surface area contributed by atoms with Crippen molar-refractivity contribution in [1.82, 2.24) is 5.32 Å². The summed E-state index contributed by atoms with van der Waals surface area (Å²) in [7, 11) is 0. The average molecular weight is 235 g/mol.